The summed E-state index contributed by atoms with van der Waals surface area (Å²) in [4.78, 5) is 12.2. The maximum atomic E-state index is 4.19. The van der Waals surface area contributed by atoms with Gasteiger partial charge in [-0.1, -0.05) is 11.3 Å². The summed E-state index contributed by atoms with van der Waals surface area (Å²) in [5.74, 6) is 0. The zero-order valence-corrected chi connectivity index (χ0v) is 9.57. The van der Waals surface area contributed by atoms with Crippen LogP contribution in [0.2, 0.25) is 0 Å². The Hall–Kier alpha value is -1.73. The minimum absolute atomic E-state index is 0.785. The molecular formula is C9H5N5S2. The Labute approximate surface area is 98.9 Å². The van der Waals surface area contributed by atoms with Crippen LogP contribution in [-0.4, -0.2) is 25.1 Å². The van der Waals surface area contributed by atoms with Crippen LogP contribution in [0.4, 0.5) is 0 Å². The van der Waals surface area contributed by atoms with Crippen LogP contribution >= 0.6 is 22.7 Å². The Bertz CT molecular complexity index is 575. The highest BCUT2D eigenvalue weighted by atomic mass is 32.1. The lowest BCUT2D eigenvalue weighted by molar-refractivity contribution is 1.08. The molecule has 5 nitrogen and oxygen atoms in total. The molecule has 0 saturated heterocycles. The minimum Gasteiger partial charge on any atom is -0.245 e. The van der Waals surface area contributed by atoms with Gasteiger partial charge in [0.1, 0.15) is 12.0 Å². The summed E-state index contributed by atoms with van der Waals surface area (Å²) in [7, 11) is 0. The van der Waals surface area contributed by atoms with Gasteiger partial charge in [0.25, 0.3) is 0 Å². The summed E-state index contributed by atoms with van der Waals surface area (Å²) < 4.78 is 0. The molecule has 0 amide bonds. The maximum Gasteiger partial charge on any atom is 0.176 e. The Kier molecular flexibility index (Phi) is 2.39. The highest BCUT2D eigenvalue weighted by molar-refractivity contribution is 7.22. The van der Waals surface area contributed by atoms with Crippen molar-refractivity contribution in [2.24, 2.45) is 0 Å². The van der Waals surface area contributed by atoms with Gasteiger partial charge >= 0.3 is 0 Å². The standard InChI is InChI=1S/C9H5N5S2/c1-2-10-5-12-6(1)7-13-14-9(16-7)8-11-3-4-15-8/h1-5H. The maximum absolute atomic E-state index is 4.19. The summed E-state index contributed by atoms with van der Waals surface area (Å²) in [5, 5.41) is 12.6. The van der Waals surface area contributed by atoms with E-state index < -0.39 is 0 Å². The van der Waals surface area contributed by atoms with Crippen molar-refractivity contribution in [1.29, 1.82) is 0 Å². The van der Waals surface area contributed by atoms with E-state index in [9.17, 15) is 0 Å². The number of rotatable bonds is 2. The molecule has 0 atom stereocenters. The Morgan fingerprint density at radius 2 is 1.88 bits per heavy atom. The highest BCUT2D eigenvalue weighted by Crippen LogP contribution is 2.29. The van der Waals surface area contributed by atoms with Gasteiger partial charge in [-0.05, 0) is 6.07 Å². The Morgan fingerprint density at radius 1 is 0.938 bits per heavy atom. The number of aromatic nitrogens is 5. The molecule has 0 unspecified atom stereocenters. The average Bonchev–Trinajstić information content (AvgIpc) is 3.01. The van der Waals surface area contributed by atoms with Gasteiger partial charge < -0.3 is 0 Å². The lowest BCUT2D eigenvalue weighted by Gasteiger charge is -1.89. The third-order valence-corrected chi connectivity index (χ3v) is 3.70. The van der Waals surface area contributed by atoms with Crippen molar-refractivity contribution in [2.45, 2.75) is 0 Å². The van der Waals surface area contributed by atoms with Crippen LogP contribution in [0.5, 0.6) is 0 Å². The highest BCUT2D eigenvalue weighted by Gasteiger charge is 2.10. The smallest absolute Gasteiger partial charge is 0.176 e. The summed E-state index contributed by atoms with van der Waals surface area (Å²) in [5.41, 5.74) is 0.787. The Morgan fingerprint density at radius 3 is 2.62 bits per heavy atom. The summed E-state index contributed by atoms with van der Waals surface area (Å²) in [6.45, 7) is 0. The molecule has 0 N–H and O–H groups in total. The van der Waals surface area contributed by atoms with Crippen molar-refractivity contribution in [3.8, 4) is 20.7 Å². The van der Waals surface area contributed by atoms with Crippen LogP contribution in [0.1, 0.15) is 0 Å². The molecule has 3 heterocycles. The van der Waals surface area contributed by atoms with Crippen LogP contribution in [0.25, 0.3) is 20.7 Å². The molecule has 0 aliphatic rings. The third-order valence-electron chi connectivity index (χ3n) is 1.84. The zero-order chi connectivity index (χ0) is 10.8. The van der Waals surface area contributed by atoms with Crippen LogP contribution in [0, 0.1) is 0 Å². The van der Waals surface area contributed by atoms with E-state index in [1.807, 2.05) is 11.4 Å². The van der Waals surface area contributed by atoms with E-state index in [0.717, 1.165) is 20.7 Å². The molecule has 78 valence electrons. The molecule has 16 heavy (non-hydrogen) atoms. The van der Waals surface area contributed by atoms with Gasteiger partial charge in [0, 0.05) is 17.8 Å². The van der Waals surface area contributed by atoms with Crippen molar-refractivity contribution in [2.75, 3.05) is 0 Å². The van der Waals surface area contributed by atoms with Crippen LogP contribution < -0.4 is 0 Å². The van der Waals surface area contributed by atoms with Gasteiger partial charge in [-0.15, -0.1) is 21.5 Å². The van der Waals surface area contributed by atoms with E-state index in [0.29, 0.717) is 0 Å². The zero-order valence-electron chi connectivity index (χ0n) is 7.94. The monoisotopic (exact) mass is 247 g/mol. The van der Waals surface area contributed by atoms with E-state index >= 15 is 0 Å². The molecule has 0 spiro atoms. The first-order valence-corrected chi connectivity index (χ1v) is 6.13. The second-order valence-corrected chi connectivity index (χ2v) is 4.72. The average molecular weight is 247 g/mol. The van der Waals surface area contributed by atoms with Crippen LogP contribution in [0.15, 0.2) is 30.2 Å². The number of hydrogen-bond donors (Lipinski definition) is 0. The van der Waals surface area contributed by atoms with Gasteiger partial charge in [0.2, 0.25) is 0 Å². The van der Waals surface area contributed by atoms with E-state index in [-0.39, 0.29) is 0 Å². The van der Waals surface area contributed by atoms with E-state index in [4.69, 9.17) is 0 Å². The lowest BCUT2D eigenvalue weighted by atomic mass is 10.4. The van der Waals surface area contributed by atoms with Crippen LogP contribution in [-0.2, 0) is 0 Å². The largest absolute Gasteiger partial charge is 0.245 e. The normalized spacial score (nSPS) is 10.5. The fraction of sp³-hybridized carbons (Fsp3) is 0. The second kappa shape index (κ2) is 4.03. The van der Waals surface area contributed by atoms with Crippen molar-refractivity contribution in [3.05, 3.63) is 30.2 Å². The third kappa shape index (κ3) is 1.70. The summed E-state index contributed by atoms with van der Waals surface area (Å²) in [6, 6.07) is 1.81. The van der Waals surface area contributed by atoms with Gasteiger partial charge in [0.15, 0.2) is 15.0 Å². The van der Waals surface area contributed by atoms with E-state index in [1.54, 1.807) is 23.7 Å². The number of hydrogen-bond acceptors (Lipinski definition) is 7. The molecule has 0 radical (unpaired) electrons. The molecule has 0 saturated carbocycles. The van der Waals surface area contributed by atoms with Crippen molar-refractivity contribution >= 4 is 22.7 Å². The summed E-state index contributed by atoms with van der Waals surface area (Å²) >= 11 is 3.03. The predicted octanol–water partition coefficient (Wildman–Crippen LogP) is 2.12. The molecule has 7 heteroatoms. The number of thiazole rings is 1. The van der Waals surface area contributed by atoms with Gasteiger partial charge in [-0.25, -0.2) is 15.0 Å². The fourth-order valence-electron chi connectivity index (χ4n) is 1.16. The van der Waals surface area contributed by atoms with Gasteiger partial charge in [0.05, 0.1) is 0 Å². The lowest BCUT2D eigenvalue weighted by Crippen LogP contribution is -1.82. The molecular weight excluding hydrogens is 242 g/mol. The first kappa shape index (κ1) is 9.49. The molecule has 0 aliphatic heterocycles. The molecule has 0 fully saturated rings. The first-order valence-electron chi connectivity index (χ1n) is 4.43. The van der Waals surface area contributed by atoms with E-state index in [1.165, 1.54) is 17.7 Å². The molecule has 3 aromatic rings. The minimum atomic E-state index is 0.785. The second-order valence-electron chi connectivity index (χ2n) is 2.84. The molecule has 0 aliphatic carbocycles. The molecule has 0 bridgehead atoms. The van der Waals surface area contributed by atoms with E-state index in [2.05, 4.69) is 25.1 Å². The van der Waals surface area contributed by atoms with Crippen molar-refractivity contribution in [3.63, 3.8) is 0 Å². The quantitative estimate of drug-likeness (QED) is 0.694. The van der Waals surface area contributed by atoms with Gasteiger partial charge in [-0.2, -0.15) is 0 Å². The molecule has 3 aromatic heterocycles. The number of nitrogens with zero attached hydrogens (tertiary/aromatic N) is 5. The molecule has 0 aromatic carbocycles. The molecule has 3 rings (SSSR count). The topological polar surface area (TPSA) is 64.5 Å². The SMILES string of the molecule is c1cc(-c2nnc(-c3nccs3)s2)ncn1. The van der Waals surface area contributed by atoms with Crippen molar-refractivity contribution < 1.29 is 0 Å². The Balaban J connectivity index is 2.00. The van der Waals surface area contributed by atoms with Crippen molar-refractivity contribution in [1.82, 2.24) is 25.1 Å². The van der Waals surface area contributed by atoms with Gasteiger partial charge in [-0.3, -0.25) is 0 Å². The predicted molar refractivity (Wildman–Crippen MR) is 62.0 cm³/mol. The van der Waals surface area contributed by atoms with Crippen LogP contribution in [0.3, 0.4) is 0 Å². The first-order chi connectivity index (χ1) is 7.93. The summed E-state index contributed by atoms with van der Waals surface area (Å²) in [6.07, 6.45) is 4.94. The fourth-order valence-corrected chi connectivity index (χ4v) is 2.65.